The molecule has 0 unspecified atom stereocenters. The van der Waals surface area contributed by atoms with E-state index < -0.39 is 11.6 Å². The van der Waals surface area contributed by atoms with Gasteiger partial charge < -0.3 is 4.74 Å². The molecule has 0 fully saturated rings. The molecule has 4 rings (SSSR count). The lowest BCUT2D eigenvalue weighted by Gasteiger charge is -2.17. The van der Waals surface area contributed by atoms with E-state index in [4.69, 9.17) is 4.74 Å². The fraction of sp³-hybridized carbons (Fsp3) is 0.217. The second-order valence-corrected chi connectivity index (χ2v) is 7.15. The third-order valence-electron chi connectivity index (χ3n) is 5.01. The van der Waals surface area contributed by atoms with E-state index >= 15 is 0 Å². The van der Waals surface area contributed by atoms with Crippen molar-refractivity contribution in [2.45, 2.75) is 32.2 Å². The number of ether oxygens (including phenoxy) is 1. The van der Waals surface area contributed by atoms with Gasteiger partial charge in [-0.2, -0.15) is 0 Å². The highest BCUT2D eigenvalue weighted by Gasteiger charge is 2.15. The van der Waals surface area contributed by atoms with Crippen molar-refractivity contribution in [1.29, 1.82) is 0 Å². The molecule has 0 spiro atoms. The molecule has 0 saturated heterocycles. The summed E-state index contributed by atoms with van der Waals surface area (Å²) in [6, 6.07) is 12.5. The topological polar surface area (TPSA) is 66.7 Å². The van der Waals surface area contributed by atoms with E-state index in [1.165, 1.54) is 29.7 Å². The van der Waals surface area contributed by atoms with Gasteiger partial charge in [0.1, 0.15) is 17.4 Å². The highest BCUT2D eigenvalue weighted by molar-refractivity contribution is 6.00. The Bertz CT molecular complexity index is 1070. The number of amidine groups is 1. The molecular formula is C23H21F2N3O2. The number of nitrogens with one attached hydrogen (secondary N) is 1. The summed E-state index contributed by atoms with van der Waals surface area (Å²) >= 11 is 0. The number of aromatic nitrogens is 1. The first kappa shape index (κ1) is 20.0. The van der Waals surface area contributed by atoms with Crippen molar-refractivity contribution in [3.8, 4) is 11.6 Å². The molecule has 0 amide bonds. The van der Waals surface area contributed by atoms with Gasteiger partial charge in [0.15, 0.2) is 5.84 Å². The average molecular weight is 409 g/mol. The van der Waals surface area contributed by atoms with Gasteiger partial charge in [-0.25, -0.2) is 13.8 Å². The predicted octanol–water partition coefficient (Wildman–Crippen LogP) is 4.96. The number of hydrogen-bond donors (Lipinski definition) is 2. The summed E-state index contributed by atoms with van der Waals surface area (Å²) < 4.78 is 32.8. The van der Waals surface area contributed by atoms with Gasteiger partial charge in [-0.1, -0.05) is 6.07 Å². The fourth-order valence-electron chi connectivity index (χ4n) is 3.59. The van der Waals surface area contributed by atoms with E-state index in [2.05, 4.69) is 16.0 Å². The predicted molar refractivity (Wildman–Crippen MR) is 109 cm³/mol. The van der Waals surface area contributed by atoms with E-state index in [1.807, 2.05) is 17.6 Å². The van der Waals surface area contributed by atoms with Crippen molar-refractivity contribution >= 4 is 5.84 Å². The second kappa shape index (κ2) is 9.00. The molecule has 30 heavy (non-hydrogen) atoms. The van der Waals surface area contributed by atoms with Crippen LogP contribution in [0, 0.1) is 11.6 Å². The number of halogens is 2. The number of aryl methyl sites for hydroxylation is 2. The molecule has 1 aromatic heterocycles. The van der Waals surface area contributed by atoms with Crippen LogP contribution in [0.1, 0.15) is 35.1 Å². The number of nitrogens with zero attached hydrogens (tertiary/aromatic N) is 2. The Morgan fingerprint density at radius 3 is 2.57 bits per heavy atom. The lowest BCUT2D eigenvalue weighted by Crippen LogP contribution is -2.21. The maximum Gasteiger partial charge on any atom is 0.230 e. The summed E-state index contributed by atoms with van der Waals surface area (Å²) in [4.78, 5) is 8.50. The molecule has 7 heteroatoms. The minimum Gasteiger partial charge on any atom is -0.438 e. The number of fused-ring (bicyclic) bond motifs is 1. The second-order valence-electron chi connectivity index (χ2n) is 7.15. The number of pyridine rings is 1. The largest absolute Gasteiger partial charge is 0.438 e. The van der Waals surface area contributed by atoms with Gasteiger partial charge in [-0.15, -0.1) is 0 Å². The van der Waals surface area contributed by atoms with Gasteiger partial charge in [0.25, 0.3) is 0 Å². The molecule has 2 N–H and O–H groups in total. The van der Waals surface area contributed by atoms with Crippen LogP contribution in [-0.2, 0) is 19.4 Å². The first-order chi connectivity index (χ1) is 14.6. The first-order valence-electron chi connectivity index (χ1n) is 9.77. The molecule has 0 atom stereocenters. The summed E-state index contributed by atoms with van der Waals surface area (Å²) in [5, 5.41) is 9.60. The van der Waals surface area contributed by atoms with E-state index in [9.17, 15) is 14.0 Å². The van der Waals surface area contributed by atoms with Crippen LogP contribution >= 0.6 is 0 Å². The van der Waals surface area contributed by atoms with Crippen LogP contribution in [0.5, 0.6) is 11.6 Å². The molecule has 1 aliphatic carbocycles. The smallest absolute Gasteiger partial charge is 0.230 e. The molecule has 0 bridgehead atoms. The summed E-state index contributed by atoms with van der Waals surface area (Å²) in [5.41, 5.74) is 5.42. The summed E-state index contributed by atoms with van der Waals surface area (Å²) in [7, 11) is 0. The van der Waals surface area contributed by atoms with Crippen LogP contribution in [0.4, 0.5) is 8.78 Å². The molecule has 154 valence electrons. The first-order valence-corrected chi connectivity index (χ1v) is 9.77. The lowest BCUT2D eigenvalue weighted by atomic mass is 9.92. The highest BCUT2D eigenvalue weighted by Crippen LogP contribution is 2.29. The molecular weight excluding hydrogens is 388 g/mol. The van der Waals surface area contributed by atoms with Gasteiger partial charge in [0.2, 0.25) is 5.88 Å². The highest BCUT2D eigenvalue weighted by atomic mass is 19.1. The Morgan fingerprint density at radius 1 is 1.03 bits per heavy atom. The monoisotopic (exact) mass is 409 g/mol. The molecule has 0 aliphatic heterocycles. The van der Waals surface area contributed by atoms with Crippen molar-refractivity contribution in [2.75, 3.05) is 0 Å². The van der Waals surface area contributed by atoms with Crippen LogP contribution in [-0.4, -0.2) is 16.0 Å². The SMILES string of the molecule is ONC(=NCc1cc(F)cc(F)c1)c1cccnc1Oc1ccc2c(c1)CCCC2. The van der Waals surface area contributed by atoms with Gasteiger partial charge in [0.05, 0.1) is 12.1 Å². The average Bonchev–Trinajstić information content (AvgIpc) is 2.74. The number of benzene rings is 2. The Kier molecular flexibility index (Phi) is 5.99. The van der Waals surface area contributed by atoms with Crippen LogP contribution in [0.2, 0.25) is 0 Å². The Hall–Kier alpha value is -3.32. The zero-order chi connectivity index (χ0) is 20.9. The molecule has 5 nitrogen and oxygen atoms in total. The van der Waals surface area contributed by atoms with Crippen molar-refractivity contribution in [3.05, 3.63) is 88.6 Å². The zero-order valence-electron chi connectivity index (χ0n) is 16.2. The van der Waals surface area contributed by atoms with Crippen molar-refractivity contribution < 1.29 is 18.7 Å². The van der Waals surface area contributed by atoms with Gasteiger partial charge >= 0.3 is 0 Å². The Balaban J connectivity index is 1.59. The number of hydroxylamine groups is 1. The van der Waals surface area contributed by atoms with Gasteiger partial charge in [-0.3, -0.25) is 15.7 Å². The zero-order valence-corrected chi connectivity index (χ0v) is 16.2. The summed E-state index contributed by atoms with van der Waals surface area (Å²) in [6.45, 7) is -0.0370. The maximum atomic E-state index is 13.4. The minimum absolute atomic E-state index is 0.0370. The maximum absolute atomic E-state index is 13.4. The van der Waals surface area contributed by atoms with Gasteiger partial charge in [-0.05, 0) is 78.8 Å². The lowest BCUT2D eigenvalue weighted by molar-refractivity contribution is 0.234. The van der Waals surface area contributed by atoms with Crippen molar-refractivity contribution in [2.24, 2.45) is 4.99 Å². The quantitative estimate of drug-likeness (QED) is 0.355. The molecule has 3 aromatic rings. The summed E-state index contributed by atoms with van der Waals surface area (Å²) in [5.74, 6) is -0.368. The van der Waals surface area contributed by atoms with Crippen LogP contribution < -0.4 is 10.2 Å². The standard InChI is InChI=1S/C23H21F2N3O2/c24-18-10-15(11-19(25)13-18)14-27-22(28-29)21-6-3-9-26-23(21)30-20-8-7-16-4-1-2-5-17(16)12-20/h3,6-13,29H,1-2,4-5,14H2,(H,27,28). The van der Waals surface area contributed by atoms with E-state index in [0.717, 1.165) is 25.3 Å². The van der Waals surface area contributed by atoms with Crippen molar-refractivity contribution in [1.82, 2.24) is 10.5 Å². The number of rotatable bonds is 5. The van der Waals surface area contributed by atoms with E-state index in [-0.39, 0.29) is 18.3 Å². The summed E-state index contributed by atoms with van der Waals surface area (Å²) in [6.07, 6.45) is 6.05. The molecule has 2 aromatic carbocycles. The van der Waals surface area contributed by atoms with Crippen LogP contribution in [0.15, 0.2) is 59.7 Å². The minimum atomic E-state index is -0.684. The number of aliphatic imine (C=N–C) groups is 1. The molecule has 0 radical (unpaired) electrons. The molecule has 1 heterocycles. The van der Waals surface area contributed by atoms with E-state index in [0.29, 0.717) is 16.9 Å². The Labute approximate surface area is 173 Å². The third-order valence-corrected chi connectivity index (χ3v) is 5.01. The van der Waals surface area contributed by atoms with Crippen molar-refractivity contribution in [3.63, 3.8) is 0 Å². The molecule has 0 saturated carbocycles. The van der Waals surface area contributed by atoms with Crippen LogP contribution in [0.25, 0.3) is 0 Å². The van der Waals surface area contributed by atoms with Crippen LogP contribution in [0.3, 0.4) is 0 Å². The Morgan fingerprint density at radius 2 is 1.80 bits per heavy atom. The van der Waals surface area contributed by atoms with Gasteiger partial charge in [0, 0.05) is 12.3 Å². The van der Waals surface area contributed by atoms with E-state index in [1.54, 1.807) is 18.3 Å². The third kappa shape index (κ3) is 4.63. The molecule has 1 aliphatic rings. The normalized spacial score (nSPS) is 13.6. The number of hydrogen-bond acceptors (Lipinski definition) is 4. The fourth-order valence-corrected chi connectivity index (χ4v) is 3.59.